The first-order chi connectivity index (χ1) is 6.38. The lowest BCUT2D eigenvalue weighted by Crippen LogP contribution is -2.33. The summed E-state index contributed by atoms with van der Waals surface area (Å²) in [5, 5.41) is 10.4. The molecule has 0 amide bonds. The van der Waals surface area contributed by atoms with Crippen molar-refractivity contribution >= 4 is 18.1 Å². The number of halogens is 1. The van der Waals surface area contributed by atoms with Crippen LogP contribution in [-0.4, -0.2) is 30.5 Å². The van der Waals surface area contributed by atoms with Gasteiger partial charge in [-0.25, -0.2) is 0 Å². The van der Waals surface area contributed by atoms with E-state index in [1.54, 1.807) is 12.1 Å². The number of benzene rings is 1. The molecule has 0 saturated carbocycles. The summed E-state index contributed by atoms with van der Waals surface area (Å²) in [6.07, 6.45) is 0. The highest BCUT2D eigenvalue weighted by molar-refractivity contribution is 5.85. The number of hydrogen-bond donors (Lipinski definition) is 0. The second-order valence-corrected chi connectivity index (χ2v) is 4.37. The average Bonchev–Trinajstić information content (AvgIpc) is 2.02. The molecule has 0 unspecified atom stereocenters. The fourth-order valence-electron chi connectivity index (χ4n) is 1.27. The Bertz CT molecular complexity index is 330. The number of nitro benzene ring substituents is 1. The molecule has 4 nitrogen and oxygen atoms in total. The van der Waals surface area contributed by atoms with Crippen molar-refractivity contribution in [3.05, 3.63) is 39.9 Å². The quantitative estimate of drug-likeness (QED) is 0.455. The Balaban J connectivity index is 0.00000196. The second kappa shape index (κ2) is 5.09. The monoisotopic (exact) mass is 231 g/mol. The summed E-state index contributed by atoms with van der Waals surface area (Å²) in [4.78, 5) is 10.0. The number of hydrogen-bond acceptors (Lipinski definition) is 2. The normalized spacial score (nSPS) is 10.6. The van der Waals surface area contributed by atoms with E-state index in [0.717, 1.165) is 16.6 Å². The zero-order valence-corrected chi connectivity index (χ0v) is 9.95. The lowest BCUT2D eigenvalue weighted by molar-refractivity contribution is -0.884. The van der Waals surface area contributed by atoms with Gasteiger partial charge < -0.3 is 4.48 Å². The third-order valence-electron chi connectivity index (χ3n) is 1.80. The van der Waals surface area contributed by atoms with Crippen LogP contribution in [0.3, 0.4) is 0 Å². The highest BCUT2D eigenvalue weighted by Crippen LogP contribution is 2.13. The zero-order valence-electron chi connectivity index (χ0n) is 9.14. The predicted molar refractivity (Wildman–Crippen MR) is 62.1 cm³/mol. The fraction of sp³-hybridized carbons (Fsp3) is 0.400. The summed E-state index contributed by atoms with van der Waals surface area (Å²) < 4.78 is 0.817. The maximum Gasteiger partial charge on any atom is 0.269 e. The third-order valence-corrected chi connectivity index (χ3v) is 1.80. The van der Waals surface area contributed by atoms with Crippen molar-refractivity contribution in [2.75, 3.05) is 21.1 Å². The molecule has 0 spiro atoms. The van der Waals surface area contributed by atoms with Gasteiger partial charge >= 0.3 is 0 Å². The van der Waals surface area contributed by atoms with Gasteiger partial charge in [-0.15, -0.1) is 12.4 Å². The summed E-state index contributed by atoms with van der Waals surface area (Å²) in [5.41, 5.74) is 1.26. The minimum atomic E-state index is -0.379. The van der Waals surface area contributed by atoms with Gasteiger partial charge in [-0.3, -0.25) is 10.1 Å². The lowest BCUT2D eigenvalue weighted by Gasteiger charge is -2.23. The van der Waals surface area contributed by atoms with Gasteiger partial charge in [0.15, 0.2) is 0 Å². The van der Waals surface area contributed by atoms with E-state index < -0.39 is 0 Å². The topological polar surface area (TPSA) is 43.1 Å². The van der Waals surface area contributed by atoms with Crippen molar-refractivity contribution in [1.29, 1.82) is 0 Å². The average molecular weight is 232 g/mol. The molecule has 0 aliphatic carbocycles. The molecular weight excluding hydrogens is 216 g/mol. The predicted octanol–water partition coefficient (Wildman–Crippen LogP) is 2.22. The smallest absolute Gasteiger partial charge is 0.269 e. The molecule has 0 heterocycles. The first-order valence-electron chi connectivity index (χ1n) is 4.42. The summed E-state index contributed by atoms with van der Waals surface area (Å²) in [6.45, 7) is 0.873. The van der Waals surface area contributed by atoms with E-state index in [9.17, 15) is 10.1 Å². The van der Waals surface area contributed by atoms with E-state index in [1.807, 2.05) is 12.1 Å². The molecule has 0 saturated heterocycles. The van der Waals surface area contributed by atoms with Gasteiger partial charge in [0.1, 0.15) is 6.54 Å². The Morgan fingerprint density at radius 3 is 2.00 bits per heavy atom. The van der Waals surface area contributed by atoms with Gasteiger partial charge in [0, 0.05) is 17.7 Å². The molecule has 15 heavy (non-hydrogen) atoms. The minimum absolute atomic E-state index is 0. The highest BCUT2D eigenvalue weighted by Gasteiger charge is 2.10. The van der Waals surface area contributed by atoms with Crippen molar-refractivity contribution in [2.45, 2.75) is 6.54 Å². The van der Waals surface area contributed by atoms with Crippen molar-refractivity contribution in [3.63, 3.8) is 0 Å². The minimum Gasteiger partial charge on any atom is -0.327 e. The standard InChI is InChI=1S/C10H15N2O2.ClH/c1-12(2,3)8-9-4-6-10(7-5-9)11(13)14;/h4-7H,8H2,1-3H3;1H/q+1;. The van der Waals surface area contributed by atoms with E-state index >= 15 is 0 Å². The Kier molecular flexibility index (Phi) is 4.71. The molecule has 5 heteroatoms. The summed E-state index contributed by atoms with van der Waals surface area (Å²) in [7, 11) is 6.25. The van der Waals surface area contributed by atoms with E-state index in [1.165, 1.54) is 0 Å². The number of quaternary nitrogens is 1. The summed E-state index contributed by atoms with van der Waals surface area (Å²) in [6, 6.07) is 6.71. The molecule has 0 atom stereocenters. The number of nitro groups is 1. The van der Waals surface area contributed by atoms with E-state index in [2.05, 4.69) is 21.1 Å². The SMILES string of the molecule is C[N+](C)(C)Cc1ccc([N+](=O)[O-])cc1.Cl. The van der Waals surface area contributed by atoms with Crippen LogP contribution in [0, 0.1) is 10.1 Å². The highest BCUT2D eigenvalue weighted by atomic mass is 35.5. The molecule has 0 aliphatic heterocycles. The van der Waals surface area contributed by atoms with Crippen LogP contribution in [0.5, 0.6) is 0 Å². The molecule has 0 radical (unpaired) electrons. The molecule has 1 rings (SSSR count). The van der Waals surface area contributed by atoms with Gasteiger partial charge in [0.05, 0.1) is 26.1 Å². The molecule has 0 N–H and O–H groups in total. The summed E-state index contributed by atoms with van der Waals surface area (Å²) in [5.74, 6) is 0. The van der Waals surface area contributed by atoms with E-state index in [4.69, 9.17) is 0 Å². The van der Waals surface area contributed by atoms with Crippen LogP contribution in [-0.2, 0) is 6.54 Å². The van der Waals surface area contributed by atoms with Crippen molar-refractivity contribution < 1.29 is 9.41 Å². The third kappa shape index (κ3) is 4.76. The van der Waals surface area contributed by atoms with Gasteiger partial charge in [-0.1, -0.05) is 0 Å². The van der Waals surface area contributed by atoms with Crippen LogP contribution < -0.4 is 0 Å². The van der Waals surface area contributed by atoms with Crippen LogP contribution >= 0.6 is 12.4 Å². The Hall–Kier alpha value is -1.13. The van der Waals surface area contributed by atoms with Crippen LogP contribution in [0.4, 0.5) is 5.69 Å². The molecule has 0 aliphatic rings. The van der Waals surface area contributed by atoms with E-state index in [-0.39, 0.29) is 23.0 Å². The molecule has 1 aromatic carbocycles. The molecule has 0 fully saturated rings. The first kappa shape index (κ1) is 13.9. The molecular formula is C10H16ClN2O2+. The number of nitrogens with zero attached hydrogens (tertiary/aromatic N) is 2. The van der Waals surface area contributed by atoms with Crippen LogP contribution in [0.1, 0.15) is 5.56 Å². The van der Waals surface area contributed by atoms with Gasteiger partial charge in [-0.05, 0) is 12.1 Å². The molecule has 0 bridgehead atoms. The lowest BCUT2D eigenvalue weighted by atomic mass is 10.2. The Labute approximate surface area is 95.7 Å². The maximum absolute atomic E-state index is 10.4. The van der Waals surface area contributed by atoms with Crippen molar-refractivity contribution in [3.8, 4) is 0 Å². The van der Waals surface area contributed by atoms with Crippen LogP contribution in [0.25, 0.3) is 0 Å². The molecule has 0 aromatic heterocycles. The first-order valence-corrected chi connectivity index (χ1v) is 4.42. The maximum atomic E-state index is 10.4. The van der Waals surface area contributed by atoms with Crippen molar-refractivity contribution in [1.82, 2.24) is 0 Å². The summed E-state index contributed by atoms with van der Waals surface area (Å²) >= 11 is 0. The Morgan fingerprint density at radius 2 is 1.67 bits per heavy atom. The Morgan fingerprint density at radius 1 is 1.20 bits per heavy atom. The number of non-ortho nitro benzene ring substituents is 1. The van der Waals surface area contributed by atoms with Gasteiger partial charge in [0.25, 0.3) is 5.69 Å². The fourth-order valence-corrected chi connectivity index (χ4v) is 1.27. The largest absolute Gasteiger partial charge is 0.327 e. The van der Waals surface area contributed by atoms with Crippen molar-refractivity contribution in [2.24, 2.45) is 0 Å². The van der Waals surface area contributed by atoms with Gasteiger partial charge in [-0.2, -0.15) is 0 Å². The van der Waals surface area contributed by atoms with Crippen LogP contribution in [0.15, 0.2) is 24.3 Å². The van der Waals surface area contributed by atoms with Gasteiger partial charge in [0.2, 0.25) is 0 Å². The van der Waals surface area contributed by atoms with E-state index in [0.29, 0.717) is 0 Å². The molecule has 1 aromatic rings. The zero-order chi connectivity index (χ0) is 10.8. The second-order valence-electron chi connectivity index (χ2n) is 4.37. The van der Waals surface area contributed by atoms with Crippen LogP contribution in [0.2, 0.25) is 0 Å². The number of rotatable bonds is 3. The molecule has 84 valence electrons.